The maximum absolute atomic E-state index is 13.3. The van der Waals surface area contributed by atoms with Crippen LogP contribution < -0.4 is 15.3 Å². The van der Waals surface area contributed by atoms with E-state index in [0.29, 0.717) is 17.1 Å². The van der Waals surface area contributed by atoms with Gasteiger partial charge >= 0.3 is 0 Å². The number of nitrogens with one attached hydrogen (secondary N) is 1. The third-order valence-electron chi connectivity index (χ3n) is 4.50. The molecule has 8 nitrogen and oxygen atoms in total. The van der Waals surface area contributed by atoms with Crippen molar-refractivity contribution in [2.45, 2.75) is 6.92 Å². The Morgan fingerprint density at radius 3 is 2.43 bits per heavy atom. The van der Waals surface area contributed by atoms with Gasteiger partial charge in [0.1, 0.15) is 17.1 Å². The number of benzene rings is 2. The van der Waals surface area contributed by atoms with Crippen LogP contribution in [0.5, 0.6) is 5.75 Å². The van der Waals surface area contributed by atoms with Crippen molar-refractivity contribution < 1.29 is 9.53 Å². The third-order valence-corrected chi connectivity index (χ3v) is 4.77. The Morgan fingerprint density at radius 1 is 1.07 bits per heavy atom. The summed E-state index contributed by atoms with van der Waals surface area (Å²) in [5.41, 5.74) is 1.29. The van der Waals surface area contributed by atoms with E-state index >= 15 is 0 Å². The van der Waals surface area contributed by atoms with Crippen molar-refractivity contribution in [3.8, 4) is 5.75 Å². The lowest BCUT2D eigenvalue weighted by Gasteiger charge is -2.20. The molecule has 1 aliphatic rings. The van der Waals surface area contributed by atoms with Gasteiger partial charge in [-0.25, -0.2) is 4.99 Å². The first kappa shape index (κ1) is 19.5. The number of aromatic amines is 1. The van der Waals surface area contributed by atoms with E-state index in [4.69, 9.17) is 17.0 Å². The molecule has 9 heteroatoms. The fourth-order valence-corrected chi connectivity index (χ4v) is 3.19. The predicted octanol–water partition coefficient (Wildman–Crippen LogP) is 2.58. The van der Waals surface area contributed by atoms with E-state index in [1.165, 1.54) is 11.9 Å². The van der Waals surface area contributed by atoms with E-state index in [0.717, 1.165) is 10.2 Å². The van der Waals surface area contributed by atoms with Crippen LogP contribution in [-0.2, 0) is 4.79 Å². The predicted molar refractivity (Wildman–Crippen MR) is 116 cm³/mol. The van der Waals surface area contributed by atoms with E-state index < -0.39 is 11.5 Å². The summed E-state index contributed by atoms with van der Waals surface area (Å²) in [7, 11) is 1.58. The molecular weight excluding hydrogens is 402 g/mol. The molecule has 0 radical (unpaired) electrons. The maximum atomic E-state index is 13.3. The van der Waals surface area contributed by atoms with Crippen molar-refractivity contribution in [2.75, 3.05) is 12.1 Å². The lowest BCUT2D eigenvalue weighted by molar-refractivity contribution is -0.115. The Bertz CT molecular complexity index is 1290. The molecular formula is C21H17N5O3S. The van der Waals surface area contributed by atoms with Crippen molar-refractivity contribution in [3.63, 3.8) is 0 Å². The molecule has 1 amide bonds. The Kier molecular flexibility index (Phi) is 5.11. The van der Waals surface area contributed by atoms with Gasteiger partial charge in [0.15, 0.2) is 5.84 Å². The Hall–Kier alpha value is -3.85. The van der Waals surface area contributed by atoms with Gasteiger partial charge in [0.05, 0.1) is 7.11 Å². The number of hydrogen-bond donors (Lipinski definition) is 1. The third kappa shape index (κ3) is 3.46. The van der Waals surface area contributed by atoms with Crippen LogP contribution in [0.15, 0.2) is 70.1 Å². The number of amidine groups is 1. The summed E-state index contributed by atoms with van der Waals surface area (Å²) in [6.45, 7) is 1.54. The van der Waals surface area contributed by atoms with E-state index in [-0.39, 0.29) is 16.2 Å². The molecule has 1 aliphatic heterocycles. The molecule has 150 valence electrons. The summed E-state index contributed by atoms with van der Waals surface area (Å²) in [5, 5.41) is 7.65. The number of hydrogen-bond acceptors (Lipinski definition) is 6. The van der Waals surface area contributed by atoms with E-state index in [9.17, 15) is 9.59 Å². The van der Waals surface area contributed by atoms with Gasteiger partial charge in [-0.2, -0.15) is 14.8 Å². The fourth-order valence-electron chi connectivity index (χ4n) is 2.98. The van der Waals surface area contributed by atoms with Crippen molar-refractivity contribution in [3.05, 3.63) is 92.2 Å². The molecule has 1 N–H and O–H groups in total. The van der Waals surface area contributed by atoms with Gasteiger partial charge in [0.25, 0.3) is 11.5 Å². The quantitative estimate of drug-likeness (QED) is 0.518. The number of aliphatic imine (C=N–C) groups is 1. The minimum absolute atomic E-state index is 0.00622. The highest BCUT2D eigenvalue weighted by atomic mass is 32.1. The maximum Gasteiger partial charge on any atom is 0.297 e. The molecule has 2 heterocycles. The summed E-state index contributed by atoms with van der Waals surface area (Å²) in [5.74, 6) is 0.527. The number of carbonyl (C=O) groups is 1. The molecule has 3 aromatic rings. The van der Waals surface area contributed by atoms with Crippen LogP contribution in [-0.4, -0.2) is 33.7 Å². The van der Waals surface area contributed by atoms with Crippen LogP contribution in [0.25, 0.3) is 6.08 Å². The number of amides is 1. The van der Waals surface area contributed by atoms with Crippen LogP contribution in [0.3, 0.4) is 0 Å². The number of nitrogens with zero attached hydrogens (tertiary/aromatic N) is 4. The van der Waals surface area contributed by atoms with Crippen LogP contribution in [0, 0.1) is 11.7 Å². The van der Waals surface area contributed by atoms with Crippen LogP contribution in [0.4, 0.5) is 0 Å². The van der Waals surface area contributed by atoms with E-state index in [2.05, 4.69) is 15.2 Å². The summed E-state index contributed by atoms with van der Waals surface area (Å²) in [6, 6.07) is 16.3. The number of rotatable bonds is 4. The molecule has 1 aromatic heterocycles. The Labute approximate surface area is 176 Å². The molecule has 30 heavy (non-hydrogen) atoms. The standard InChI is InChI=1S/C21H17N5O3S/c1-13-19(27)26(21(30)24-23-13)25-18(15-6-4-3-5-7-15)22-17(20(25)28)12-14-8-10-16(29-2)11-9-14/h3-12H,1-2H3,(H,24,30)/b17-12-. The molecule has 0 aliphatic carbocycles. The SMILES string of the molecule is COc1ccc(/C=C2\N=C(c3ccccc3)N(n3c(=S)[nH]nc(C)c3=O)C2=O)cc1. The zero-order valence-corrected chi connectivity index (χ0v) is 17.0. The minimum Gasteiger partial charge on any atom is -0.497 e. The van der Waals surface area contributed by atoms with Gasteiger partial charge in [-0.15, -0.1) is 0 Å². The minimum atomic E-state index is -0.499. The first-order valence-electron chi connectivity index (χ1n) is 9.02. The van der Waals surface area contributed by atoms with E-state index in [1.54, 1.807) is 37.5 Å². The van der Waals surface area contributed by atoms with Gasteiger partial charge < -0.3 is 4.74 Å². The average Bonchev–Trinajstić information content (AvgIpc) is 3.08. The van der Waals surface area contributed by atoms with Gasteiger partial charge in [-0.3, -0.25) is 14.7 Å². The largest absolute Gasteiger partial charge is 0.497 e. The van der Waals surface area contributed by atoms with Crippen LogP contribution in [0.1, 0.15) is 16.8 Å². The van der Waals surface area contributed by atoms with Gasteiger partial charge in [-0.1, -0.05) is 42.5 Å². The van der Waals surface area contributed by atoms with Gasteiger partial charge in [0.2, 0.25) is 4.77 Å². The number of aryl methyl sites for hydroxylation is 1. The van der Waals surface area contributed by atoms with Crippen LogP contribution in [0.2, 0.25) is 0 Å². The van der Waals surface area contributed by atoms with Crippen molar-refractivity contribution >= 4 is 30.0 Å². The Balaban J connectivity index is 1.88. The lowest BCUT2D eigenvalue weighted by Crippen LogP contribution is -2.49. The summed E-state index contributed by atoms with van der Waals surface area (Å²) in [6.07, 6.45) is 1.65. The lowest BCUT2D eigenvalue weighted by atomic mass is 10.2. The molecule has 0 unspecified atom stereocenters. The zero-order chi connectivity index (χ0) is 21.3. The smallest absolute Gasteiger partial charge is 0.297 e. The molecule has 2 aromatic carbocycles. The zero-order valence-electron chi connectivity index (χ0n) is 16.2. The molecule has 4 rings (SSSR count). The second-order valence-electron chi connectivity index (χ2n) is 6.45. The average molecular weight is 419 g/mol. The highest BCUT2D eigenvalue weighted by Crippen LogP contribution is 2.22. The van der Waals surface area contributed by atoms with Crippen LogP contribution >= 0.6 is 12.2 Å². The summed E-state index contributed by atoms with van der Waals surface area (Å²) < 4.78 is 6.24. The molecule has 0 bridgehead atoms. The molecule has 0 saturated heterocycles. The summed E-state index contributed by atoms with van der Waals surface area (Å²) >= 11 is 5.25. The highest BCUT2D eigenvalue weighted by Gasteiger charge is 2.34. The molecule has 0 saturated carbocycles. The summed E-state index contributed by atoms with van der Waals surface area (Å²) in [4.78, 5) is 30.6. The van der Waals surface area contributed by atoms with E-state index in [1.807, 2.05) is 30.3 Å². The topological polar surface area (TPSA) is 92.6 Å². The first-order valence-corrected chi connectivity index (χ1v) is 9.43. The monoisotopic (exact) mass is 419 g/mol. The van der Waals surface area contributed by atoms with Crippen molar-refractivity contribution in [1.29, 1.82) is 0 Å². The second-order valence-corrected chi connectivity index (χ2v) is 6.84. The Morgan fingerprint density at radius 2 is 1.77 bits per heavy atom. The van der Waals surface area contributed by atoms with Gasteiger partial charge in [-0.05, 0) is 42.9 Å². The van der Waals surface area contributed by atoms with Crippen molar-refractivity contribution in [2.24, 2.45) is 4.99 Å². The molecule has 0 spiro atoms. The normalized spacial score (nSPS) is 14.9. The van der Waals surface area contributed by atoms with Crippen molar-refractivity contribution in [1.82, 2.24) is 14.9 Å². The number of ether oxygens (including phenoxy) is 1. The number of aromatic nitrogens is 3. The first-order chi connectivity index (χ1) is 14.5. The number of methoxy groups -OCH3 is 1. The fraction of sp³-hybridized carbons (Fsp3) is 0.0952. The number of H-pyrrole nitrogens is 1. The van der Waals surface area contributed by atoms with Gasteiger partial charge in [0, 0.05) is 5.56 Å². The number of carbonyl (C=O) groups excluding carboxylic acids is 1. The highest BCUT2D eigenvalue weighted by molar-refractivity contribution is 7.71. The molecule has 0 atom stereocenters. The second kappa shape index (κ2) is 7.88. The molecule has 0 fully saturated rings.